The SMILES string of the molecule is COCC1CN(c2ncnc(-n3cccn3)c2N)CC(C)O1. The van der Waals surface area contributed by atoms with E-state index < -0.39 is 0 Å². The molecular weight excluding hydrogens is 284 g/mol. The van der Waals surface area contributed by atoms with Crippen LogP contribution in [0.15, 0.2) is 24.8 Å². The summed E-state index contributed by atoms with van der Waals surface area (Å²) in [4.78, 5) is 10.7. The molecule has 1 aliphatic heterocycles. The van der Waals surface area contributed by atoms with Crippen LogP contribution in [0.4, 0.5) is 11.5 Å². The summed E-state index contributed by atoms with van der Waals surface area (Å²) in [5.74, 6) is 1.29. The van der Waals surface area contributed by atoms with Crippen molar-refractivity contribution in [3.8, 4) is 5.82 Å². The summed E-state index contributed by atoms with van der Waals surface area (Å²) in [7, 11) is 1.67. The Hall–Kier alpha value is -2.19. The maximum absolute atomic E-state index is 6.27. The van der Waals surface area contributed by atoms with Crippen molar-refractivity contribution in [2.75, 3.05) is 37.4 Å². The molecule has 0 saturated carbocycles. The van der Waals surface area contributed by atoms with Gasteiger partial charge >= 0.3 is 0 Å². The van der Waals surface area contributed by atoms with Crippen LogP contribution in [0, 0.1) is 0 Å². The number of aromatic nitrogens is 4. The van der Waals surface area contributed by atoms with E-state index in [0.29, 0.717) is 30.5 Å². The van der Waals surface area contributed by atoms with Crippen molar-refractivity contribution in [3.63, 3.8) is 0 Å². The third kappa shape index (κ3) is 2.88. The molecule has 2 aromatic heterocycles. The average molecular weight is 304 g/mol. The largest absolute Gasteiger partial charge is 0.393 e. The van der Waals surface area contributed by atoms with Crippen molar-refractivity contribution in [2.24, 2.45) is 0 Å². The molecule has 3 rings (SSSR count). The standard InChI is InChI=1S/C14H20N6O2/c1-10-6-19(7-11(22-10)8-21-2)13-12(15)14(17-9-16-13)20-5-3-4-18-20/h3-5,9-11H,6-8,15H2,1-2H3. The Labute approximate surface area is 128 Å². The van der Waals surface area contributed by atoms with Crippen LogP contribution in [0.3, 0.4) is 0 Å². The van der Waals surface area contributed by atoms with Crippen LogP contribution in [-0.4, -0.2) is 58.8 Å². The maximum Gasteiger partial charge on any atom is 0.181 e. The second-order valence-electron chi connectivity index (χ2n) is 5.31. The highest BCUT2D eigenvalue weighted by Gasteiger charge is 2.28. The number of anilines is 2. The van der Waals surface area contributed by atoms with Crippen LogP contribution < -0.4 is 10.6 Å². The molecule has 0 amide bonds. The minimum Gasteiger partial charge on any atom is -0.393 e. The zero-order valence-electron chi connectivity index (χ0n) is 12.7. The molecule has 3 heterocycles. The molecule has 2 atom stereocenters. The summed E-state index contributed by atoms with van der Waals surface area (Å²) in [6.07, 6.45) is 5.08. The first kappa shape index (κ1) is 14.7. The van der Waals surface area contributed by atoms with Gasteiger partial charge in [0.05, 0.1) is 18.8 Å². The third-order valence-electron chi connectivity index (χ3n) is 3.54. The molecule has 1 fully saturated rings. The molecule has 2 aromatic rings. The summed E-state index contributed by atoms with van der Waals surface area (Å²) in [5, 5.41) is 4.18. The lowest BCUT2D eigenvalue weighted by atomic mass is 10.2. The normalized spacial score (nSPS) is 22.0. The monoisotopic (exact) mass is 304 g/mol. The number of hydrogen-bond donors (Lipinski definition) is 1. The number of ether oxygens (including phenoxy) is 2. The highest BCUT2D eigenvalue weighted by Crippen LogP contribution is 2.27. The number of rotatable bonds is 4. The number of methoxy groups -OCH3 is 1. The van der Waals surface area contributed by atoms with Crippen molar-refractivity contribution in [2.45, 2.75) is 19.1 Å². The maximum atomic E-state index is 6.27. The summed E-state index contributed by atoms with van der Waals surface area (Å²) in [6, 6.07) is 1.83. The predicted molar refractivity (Wildman–Crippen MR) is 82.0 cm³/mol. The van der Waals surface area contributed by atoms with E-state index in [1.807, 2.05) is 13.0 Å². The summed E-state index contributed by atoms with van der Waals surface area (Å²) >= 11 is 0. The van der Waals surface area contributed by atoms with Gasteiger partial charge in [0.2, 0.25) is 0 Å². The highest BCUT2D eigenvalue weighted by atomic mass is 16.5. The van der Waals surface area contributed by atoms with E-state index in [4.69, 9.17) is 15.2 Å². The number of hydrogen-bond acceptors (Lipinski definition) is 7. The number of nitrogens with two attached hydrogens (primary N) is 1. The fourth-order valence-corrected chi connectivity index (χ4v) is 2.70. The summed E-state index contributed by atoms with van der Waals surface area (Å²) in [5.41, 5.74) is 6.78. The Bertz CT molecular complexity index is 618. The van der Waals surface area contributed by atoms with Gasteiger partial charge in [-0.1, -0.05) is 0 Å². The first-order valence-corrected chi connectivity index (χ1v) is 7.19. The average Bonchev–Trinajstić information content (AvgIpc) is 3.01. The van der Waals surface area contributed by atoms with Gasteiger partial charge in [-0.3, -0.25) is 0 Å². The molecular formula is C14H20N6O2. The lowest BCUT2D eigenvalue weighted by molar-refractivity contribution is -0.0512. The Morgan fingerprint density at radius 1 is 1.36 bits per heavy atom. The fraction of sp³-hybridized carbons (Fsp3) is 0.500. The minimum atomic E-state index is -0.00345. The van der Waals surface area contributed by atoms with Gasteiger partial charge in [0.25, 0.3) is 0 Å². The van der Waals surface area contributed by atoms with Crippen LogP contribution in [-0.2, 0) is 9.47 Å². The molecule has 1 saturated heterocycles. The third-order valence-corrected chi connectivity index (χ3v) is 3.54. The van der Waals surface area contributed by atoms with Crippen LogP contribution in [0.2, 0.25) is 0 Å². The fourth-order valence-electron chi connectivity index (χ4n) is 2.70. The van der Waals surface area contributed by atoms with Crippen molar-refractivity contribution < 1.29 is 9.47 Å². The molecule has 2 N–H and O–H groups in total. The second-order valence-corrected chi connectivity index (χ2v) is 5.31. The minimum absolute atomic E-state index is 0.00345. The van der Waals surface area contributed by atoms with Crippen molar-refractivity contribution in [3.05, 3.63) is 24.8 Å². The molecule has 118 valence electrons. The molecule has 0 spiro atoms. The van der Waals surface area contributed by atoms with Gasteiger partial charge in [0.1, 0.15) is 12.0 Å². The molecule has 8 heteroatoms. The van der Waals surface area contributed by atoms with Gasteiger partial charge in [0, 0.05) is 32.6 Å². The van der Waals surface area contributed by atoms with Gasteiger partial charge < -0.3 is 20.1 Å². The van der Waals surface area contributed by atoms with E-state index >= 15 is 0 Å². The number of nitrogen functional groups attached to an aromatic ring is 1. The molecule has 0 radical (unpaired) electrons. The summed E-state index contributed by atoms with van der Waals surface area (Å²) in [6.45, 7) is 3.97. The van der Waals surface area contributed by atoms with Crippen LogP contribution in [0.5, 0.6) is 0 Å². The van der Waals surface area contributed by atoms with E-state index in [0.717, 1.165) is 6.54 Å². The molecule has 0 aliphatic carbocycles. The van der Waals surface area contributed by atoms with Crippen LogP contribution in [0.25, 0.3) is 5.82 Å². The van der Waals surface area contributed by atoms with Crippen molar-refractivity contribution in [1.29, 1.82) is 0 Å². The smallest absolute Gasteiger partial charge is 0.181 e. The Balaban J connectivity index is 1.89. The Kier molecular flexibility index (Phi) is 4.21. The second kappa shape index (κ2) is 6.29. The molecule has 8 nitrogen and oxygen atoms in total. The molecule has 22 heavy (non-hydrogen) atoms. The predicted octanol–water partition coefficient (Wildman–Crippen LogP) is 0.485. The van der Waals surface area contributed by atoms with Gasteiger partial charge in [-0.2, -0.15) is 5.10 Å². The number of nitrogens with zero attached hydrogens (tertiary/aromatic N) is 5. The van der Waals surface area contributed by atoms with Gasteiger partial charge in [0.15, 0.2) is 11.6 Å². The lowest BCUT2D eigenvalue weighted by Gasteiger charge is -2.37. The van der Waals surface area contributed by atoms with Gasteiger partial charge in [-0.25, -0.2) is 14.6 Å². The van der Waals surface area contributed by atoms with E-state index in [1.54, 1.807) is 24.2 Å². The molecule has 0 bridgehead atoms. The van der Waals surface area contributed by atoms with Gasteiger partial charge in [-0.05, 0) is 13.0 Å². The number of morpholine rings is 1. The van der Waals surface area contributed by atoms with Gasteiger partial charge in [-0.15, -0.1) is 0 Å². The summed E-state index contributed by atoms with van der Waals surface area (Å²) < 4.78 is 12.7. The molecule has 0 aromatic carbocycles. The van der Waals surface area contributed by atoms with Crippen molar-refractivity contribution >= 4 is 11.5 Å². The van der Waals surface area contributed by atoms with E-state index in [9.17, 15) is 0 Å². The Morgan fingerprint density at radius 3 is 2.91 bits per heavy atom. The van der Waals surface area contributed by atoms with Crippen molar-refractivity contribution in [1.82, 2.24) is 19.7 Å². The van der Waals surface area contributed by atoms with E-state index in [2.05, 4.69) is 20.0 Å². The first-order chi connectivity index (χ1) is 10.7. The molecule has 2 unspecified atom stereocenters. The quantitative estimate of drug-likeness (QED) is 0.878. The zero-order chi connectivity index (χ0) is 15.5. The van der Waals surface area contributed by atoms with E-state index in [-0.39, 0.29) is 12.2 Å². The van der Waals surface area contributed by atoms with E-state index in [1.165, 1.54) is 6.33 Å². The topological polar surface area (TPSA) is 91.3 Å². The lowest BCUT2D eigenvalue weighted by Crippen LogP contribution is -2.48. The van der Waals surface area contributed by atoms with Crippen LogP contribution in [0.1, 0.15) is 6.92 Å². The highest BCUT2D eigenvalue weighted by molar-refractivity contribution is 5.70. The van der Waals surface area contributed by atoms with Crippen LogP contribution >= 0.6 is 0 Å². The zero-order valence-corrected chi connectivity index (χ0v) is 12.7. The molecule has 1 aliphatic rings. The Morgan fingerprint density at radius 2 is 2.18 bits per heavy atom. The first-order valence-electron chi connectivity index (χ1n) is 7.19.